The van der Waals surface area contributed by atoms with Crippen LogP contribution in [0.4, 0.5) is 8.78 Å². The molecule has 2 aromatic carbocycles. The second-order valence-corrected chi connectivity index (χ2v) is 4.45. The Balaban J connectivity index is 2.11. The Morgan fingerprint density at radius 3 is 2.79 bits per heavy atom. The number of hydrogen-bond acceptors (Lipinski definition) is 2. The van der Waals surface area contributed by atoms with Crippen molar-refractivity contribution in [1.82, 2.24) is 5.32 Å². The molecule has 0 saturated heterocycles. The summed E-state index contributed by atoms with van der Waals surface area (Å²) in [4.78, 5) is 0. The molecule has 2 aromatic rings. The lowest BCUT2D eigenvalue weighted by Gasteiger charge is -2.13. The highest BCUT2D eigenvalue weighted by atomic mass is 19.2. The number of para-hydroxylation sites is 1. The zero-order chi connectivity index (χ0) is 13.2. The summed E-state index contributed by atoms with van der Waals surface area (Å²) in [7, 11) is 0. The molecule has 2 nitrogen and oxygen atoms in total. The van der Waals surface area contributed by atoms with Crippen molar-refractivity contribution in [2.24, 2.45) is 0 Å². The molecule has 0 saturated carbocycles. The molecular weight excluding hydrogens is 248 g/mol. The Hall–Kier alpha value is -1.94. The standard InChI is InChI=1S/C15H13F2NO/c16-13-5-4-10(8-14(13)17)12-3-1-2-11-9-18-6-7-19-15(11)12/h1-5,8,18H,6-7,9H2. The largest absolute Gasteiger partial charge is 0.491 e. The maximum atomic E-state index is 13.3. The van der Waals surface area contributed by atoms with Crippen LogP contribution in [0.1, 0.15) is 5.56 Å². The van der Waals surface area contributed by atoms with Gasteiger partial charge >= 0.3 is 0 Å². The van der Waals surface area contributed by atoms with Gasteiger partial charge in [-0.15, -0.1) is 0 Å². The number of halogens is 2. The van der Waals surface area contributed by atoms with Crippen molar-refractivity contribution in [2.75, 3.05) is 13.2 Å². The first-order valence-corrected chi connectivity index (χ1v) is 6.16. The van der Waals surface area contributed by atoms with Crippen molar-refractivity contribution in [3.05, 3.63) is 53.6 Å². The summed E-state index contributed by atoms with van der Waals surface area (Å²) in [5, 5.41) is 3.24. The number of benzene rings is 2. The van der Waals surface area contributed by atoms with Crippen LogP contribution in [-0.4, -0.2) is 13.2 Å². The van der Waals surface area contributed by atoms with Gasteiger partial charge in [0.25, 0.3) is 0 Å². The second kappa shape index (κ2) is 4.97. The quantitative estimate of drug-likeness (QED) is 0.851. The molecule has 4 heteroatoms. The molecule has 1 aliphatic heterocycles. The van der Waals surface area contributed by atoms with Crippen molar-refractivity contribution in [2.45, 2.75) is 6.54 Å². The van der Waals surface area contributed by atoms with E-state index in [9.17, 15) is 8.78 Å². The van der Waals surface area contributed by atoms with Crippen molar-refractivity contribution >= 4 is 0 Å². The van der Waals surface area contributed by atoms with Crippen molar-refractivity contribution < 1.29 is 13.5 Å². The van der Waals surface area contributed by atoms with Crippen LogP contribution in [0, 0.1) is 11.6 Å². The molecule has 3 rings (SSSR count). The van der Waals surface area contributed by atoms with E-state index in [0.717, 1.165) is 29.5 Å². The number of rotatable bonds is 1. The van der Waals surface area contributed by atoms with E-state index < -0.39 is 11.6 Å². The lowest BCUT2D eigenvalue weighted by Crippen LogP contribution is -2.16. The van der Waals surface area contributed by atoms with E-state index in [2.05, 4.69) is 5.32 Å². The minimum atomic E-state index is -0.846. The highest BCUT2D eigenvalue weighted by Crippen LogP contribution is 2.34. The van der Waals surface area contributed by atoms with Crippen LogP contribution in [0.15, 0.2) is 36.4 Å². The van der Waals surface area contributed by atoms with Gasteiger partial charge in [-0.25, -0.2) is 8.78 Å². The molecule has 0 radical (unpaired) electrons. The van der Waals surface area contributed by atoms with E-state index in [1.165, 1.54) is 6.07 Å². The highest BCUT2D eigenvalue weighted by Gasteiger charge is 2.15. The Morgan fingerprint density at radius 1 is 1.05 bits per heavy atom. The molecule has 0 aromatic heterocycles. The van der Waals surface area contributed by atoms with Gasteiger partial charge in [0.1, 0.15) is 12.4 Å². The van der Waals surface area contributed by atoms with Gasteiger partial charge in [-0.2, -0.15) is 0 Å². The van der Waals surface area contributed by atoms with Crippen LogP contribution in [-0.2, 0) is 6.54 Å². The van der Waals surface area contributed by atoms with Gasteiger partial charge in [0.2, 0.25) is 0 Å². The number of fused-ring (bicyclic) bond motifs is 1. The van der Waals surface area contributed by atoms with Crippen molar-refractivity contribution in [3.8, 4) is 16.9 Å². The summed E-state index contributed by atoms with van der Waals surface area (Å²) in [6, 6.07) is 9.63. The maximum absolute atomic E-state index is 13.3. The van der Waals surface area contributed by atoms with Crippen LogP contribution in [0.25, 0.3) is 11.1 Å². The fourth-order valence-electron chi connectivity index (χ4n) is 2.23. The van der Waals surface area contributed by atoms with E-state index in [1.807, 2.05) is 18.2 Å². The first-order chi connectivity index (χ1) is 9.25. The highest BCUT2D eigenvalue weighted by molar-refractivity contribution is 5.72. The third-order valence-corrected chi connectivity index (χ3v) is 3.17. The SMILES string of the molecule is Fc1ccc(-c2cccc3c2OCCNC3)cc1F. The minimum Gasteiger partial charge on any atom is -0.491 e. The minimum absolute atomic E-state index is 0.563. The molecule has 1 aliphatic rings. The van der Waals surface area contributed by atoms with E-state index in [-0.39, 0.29) is 0 Å². The van der Waals surface area contributed by atoms with Gasteiger partial charge in [-0.1, -0.05) is 24.3 Å². The van der Waals surface area contributed by atoms with Crippen LogP contribution < -0.4 is 10.1 Å². The molecule has 0 aliphatic carbocycles. The lowest BCUT2D eigenvalue weighted by atomic mass is 10.0. The van der Waals surface area contributed by atoms with Crippen LogP contribution in [0.2, 0.25) is 0 Å². The summed E-state index contributed by atoms with van der Waals surface area (Å²) < 4.78 is 32.1. The summed E-state index contributed by atoms with van der Waals surface area (Å²) in [5.74, 6) is -0.936. The zero-order valence-electron chi connectivity index (χ0n) is 10.2. The van der Waals surface area contributed by atoms with Crippen LogP contribution in [0.5, 0.6) is 5.75 Å². The molecule has 0 spiro atoms. The Bertz CT molecular complexity index is 613. The van der Waals surface area contributed by atoms with Gasteiger partial charge in [0.15, 0.2) is 11.6 Å². The Kier molecular flexibility index (Phi) is 3.17. The van der Waals surface area contributed by atoms with E-state index in [0.29, 0.717) is 18.7 Å². The van der Waals surface area contributed by atoms with Gasteiger partial charge in [0, 0.05) is 24.2 Å². The van der Waals surface area contributed by atoms with Crippen LogP contribution >= 0.6 is 0 Å². The van der Waals surface area contributed by atoms with Crippen LogP contribution in [0.3, 0.4) is 0 Å². The van der Waals surface area contributed by atoms with Gasteiger partial charge in [0.05, 0.1) is 0 Å². The zero-order valence-corrected chi connectivity index (χ0v) is 10.2. The monoisotopic (exact) mass is 261 g/mol. The molecule has 0 fully saturated rings. The third kappa shape index (κ3) is 2.31. The predicted octanol–water partition coefficient (Wildman–Crippen LogP) is 3.11. The van der Waals surface area contributed by atoms with Gasteiger partial charge < -0.3 is 10.1 Å². The number of ether oxygens (including phenoxy) is 1. The summed E-state index contributed by atoms with van der Waals surface area (Å²) >= 11 is 0. The molecule has 1 heterocycles. The van der Waals surface area contributed by atoms with E-state index in [4.69, 9.17) is 4.74 Å². The third-order valence-electron chi connectivity index (χ3n) is 3.17. The molecule has 0 atom stereocenters. The molecule has 19 heavy (non-hydrogen) atoms. The Labute approximate surface area is 110 Å². The second-order valence-electron chi connectivity index (χ2n) is 4.45. The topological polar surface area (TPSA) is 21.3 Å². The van der Waals surface area contributed by atoms with Gasteiger partial charge in [-0.3, -0.25) is 0 Å². The first kappa shape index (κ1) is 12.1. The maximum Gasteiger partial charge on any atom is 0.159 e. The van der Waals surface area contributed by atoms with Crippen molar-refractivity contribution in [1.29, 1.82) is 0 Å². The van der Waals surface area contributed by atoms with E-state index >= 15 is 0 Å². The molecule has 98 valence electrons. The first-order valence-electron chi connectivity index (χ1n) is 6.16. The number of hydrogen-bond donors (Lipinski definition) is 1. The molecule has 0 unspecified atom stereocenters. The molecular formula is C15H13F2NO. The summed E-state index contributed by atoms with van der Waals surface area (Å²) in [5.41, 5.74) is 2.44. The smallest absolute Gasteiger partial charge is 0.159 e. The fraction of sp³-hybridized carbons (Fsp3) is 0.200. The molecule has 0 amide bonds. The van der Waals surface area contributed by atoms with Crippen molar-refractivity contribution in [3.63, 3.8) is 0 Å². The summed E-state index contributed by atoms with van der Waals surface area (Å²) in [6.45, 7) is 2.05. The number of nitrogens with one attached hydrogen (secondary N) is 1. The normalized spacial score (nSPS) is 14.4. The van der Waals surface area contributed by atoms with E-state index in [1.54, 1.807) is 6.07 Å². The predicted molar refractivity (Wildman–Crippen MR) is 69.0 cm³/mol. The Morgan fingerprint density at radius 2 is 1.95 bits per heavy atom. The summed E-state index contributed by atoms with van der Waals surface area (Å²) in [6.07, 6.45) is 0. The fourth-order valence-corrected chi connectivity index (χ4v) is 2.23. The average Bonchev–Trinajstić information content (AvgIpc) is 2.67. The lowest BCUT2D eigenvalue weighted by molar-refractivity contribution is 0.327. The molecule has 1 N–H and O–H groups in total. The van der Waals surface area contributed by atoms with Gasteiger partial charge in [-0.05, 0) is 17.7 Å². The average molecular weight is 261 g/mol. The molecule has 0 bridgehead atoms.